The number of nitrogens with zero attached hydrogens (tertiary/aromatic N) is 1. The van der Waals surface area contributed by atoms with E-state index in [0.29, 0.717) is 16.4 Å². The van der Waals surface area contributed by atoms with Crippen molar-refractivity contribution >= 4 is 95.4 Å². The highest BCUT2D eigenvalue weighted by Crippen LogP contribution is 2.32. The minimum absolute atomic E-state index is 0.106. The van der Waals surface area contributed by atoms with Crippen molar-refractivity contribution in [2.24, 2.45) is 0 Å². The van der Waals surface area contributed by atoms with Crippen molar-refractivity contribution in [2.45, 2.75) is 12.4 Å². The number of amides is 1. The molecule has 0 bridgehead atoms. The Kier molecular flexibility index (Phi) is 8.80. The molecule has 0 aliphatic carbocycles. The van der Waals surface area contributed by atoms with E-state index in [0.717, 1.165) is 0 Å². The molecule has 14 heteroatoms. The van der Waals surface area contributed by atoms with Gasteiger partial charge < -0.3 is 14.8 Å². The van der Waals surface area contributed by atoms with Crippen LogP contribution < -0.4 is 5.32 Å². The molecule has 1 rings (SSSR count). The van der Waals surface area contributed by atoms with E-state index in [2.05, 4.69) is 10.0 Å². The van der Waals surface area contributed by atoms with Crippen LogP contribution in [0.3, 0.4) is 0 Å². The molecule has 0 fully saturated rings. The van der Waals surface area contributed by atoms with Crippen molar-refractivity contribution < 1.29 is 35.9 Å². The van der Waals surface area contributed by atoms with Crippen molar-refractivity contribution in [1.29, 1.82) is 0 Å². The summed E-state index contributed by atoms with van der Waals surface area (Å²) in [6.45, 7) is -0.212. The van der Waals surface area contributed by atoms with E-state index >= 15 is 0 Å². The maximum Gasteiger partial charge on any atom is 0.480 e. The Bertz CT molecular complexity index is 830. The van der Waals surface area contributed by atoms with Crippen LogP contribution in [0.15, 0.2) is 6.07 Å². The van der Waals surface area contributed by atoms with Crippen LogP contribution in [0.1, 0.15) is 17.3 Å². The lowest BCUT2D eigenvalue weighted by atomic mass is 10.2. The number of ether oxygens (including phenoxy) is 1. The monoisotopic (exact) mass is 731 g/mol. The fraction of sp³-hybridized carbons (Fsp3) is 0.333. The van der Waals surface area contributed by atoms with Crippen LogP contribution in [-0.2, 0) is 19.6 Å². The van der Waals surface area contributed by atoms with Crippen LogP contribution in [-0.4, -0.2) is 39.0 Å². The minimum Gasteiger partial charge on any atom is -0.538 e. The number of rotatable bonds is 6. The summed E-state index contributed by atoms with van der Waals surface area (Å²) in [6.07, 6.45) is 0. The normalized spacial score (nSPS) is 12.0. The quantitative estimate of drug-likeness (QED) is 0.273. The van der Waals surface area contributed by atoms with Gasteiger partial charge in [0.2, 0.25) is 5.91 Å². The molecular formula is C12H9F3I3N2O5S-. The number of alkyl halides is 3. The van der Waals surface area contributed by atoms with Gasteiger partial charge in [0.05, 0.1) is 21.4 Å². The molecule has 0 aliphatic rings. The third-order valence-electron chi connectivity index (χ3n) is 2.55. The number of sulfonamides is 1. The molecule has 0 atom stereocenters. The number of hydrogen-bond donors (Lipinski definition) is 1. The zero-order valence-electron chi connectivity index (χ0n) is 12.7. The number of carbonyl (C=O) groups is 2. The van der Waals surface area contributed by atoms with Gasteiger partial charge in [-0.2, -0.15) is 13.2 Å². The number of benzene rings is 1. The Morgan fingerprint density at radius 1 is 1.23 bits per heavy atom. The topological polar surface area (TPSA) is 104 Å². The molecule has 0 aromatic heterocycles. The van der Waals surface area contributed by atoms with E-state index in [1.54, 1.807) is 6.07 Å². The van der Waals surface area contributed by atoms with Crippen LogP contribution in [0.25, 0.3) is 4.72 Å². The second-order valence-corrected chi connectivity index (χ2v) is 9.57. The summed E-state index contributed by atoms with van der Waals surface area (Å²) in [5, 5.41) is 2.58. The van der Waals surface area contributed by atoms with Gasteiger partial charge >= 0.3 is 11.5 Å². The van der Waals surface area contributed by atoms with Gasteiger partial charge in [-0.25, -0.2) is 13.2 Å². The van der Waals surface area contributed by atoms with Gasteiger partial charge in [-0.1, -0.05) is 0 Å². The molecule has 1 aromatic carbocycles. The maximum atomic E-state index is 12.2. The average Bonchev–Trinajstić information content (AvgIpc) is 2.46. The number of esters is 1. The van der Waals surface area contributed by atoms with E-state index in [1.165, 1.54) is 6.92 Å². The molecule has 26 heavy (non-hydrogen) atoms. The van der Waals surface area contributed by atoms with Gasteiger partial charge in [0, 0.05) is 14.1 Å². The Labute approximate surface area is 187 Å². The predicted octanol–water partition coefficient (Wildman–Crippen LogP) is 3.84. The molecule has 1 N–H and O–H groups in total. The van der Waals surface area contributed by atoms with Gasteiger partial charge in [0.25, 0.3) is 0 Å². The Balaban J connectivity index is 2.87. The fourth-order valence-corrected chi connectivity index (χ4v) is 6.05. The molecule has 0 unspecified atom stereocenters. The van der Waals surface area contributed by atoms with Gasteiger partial charge in [0.1, 0.15) is 0 Å². The summed E-state index contributed by atoms with van der Waals surface area (Å²) < 4.78 is 66.9. The van der Waals surface area contributed by atoms with Crippen molar-refractivity contribution in [3.63, 3.8) is 0 Å². The van der Waals surface area contributed by atoms with Gasteiger partial charge in [0.15, 0.2) is 10.0 Å². The summed E-state index contributed by atoms with van der Waals surface area (Å²) in [5.41, 5.74) is -4.99. The van der Waals surface area contributed by atoms with Crippen LogP contribution in [0.5, 0.6) is 0 Å². The van der Waals surface area contributed by atoms with Gasteiger partial charge in [-0.3, -0.25) is 4.79 Å². The van der Waals surface area contributed by atoms with E-state index in [4.69, 9.17) is 4.74 Å². The lowest BCUT2D eigenvalue weighted by Gasteiger charge is -2.21. The average molecular weight is 731 g/mol. The summed E-state index contributed by atoms with van der Waals surface area (Å²) >= 11 is 5.67. The Morgan fingerprint density at radius 2 is 1.81 bits per heavy atom. The molecule has 0 aliphatic heterocycles. The first kappa shape index (κ1) is 24.1. The van der Waals surface area contributed by atoms with Crippen LogP contribution in [0, 0.1) is 10.7 Å². The first-order chi connectivity index (χ1) is 11.8. The third kappa shape index (κ3) is 6.30. The van der Waals surface area contributed by atoms with Gasteiger partial charge in [-0.15, -0.1) is 6.54 Å². The number of anilines is 1. The highest BCUT2D eigenvalue weighted by atomic mass is 127. The summed E-state index contributed by atoms with van der Waals surface area (Å²) in [5.74, 6) is -1.22. The van der Waals surface area contributed by atoms with Crippen LogP contribution in [0.4, 0.5) is 18.9 Å². The molecule has 0 saturated heterocycles. The maximum absolute atomic E-state index is 12.2. The van der Waals surface area contributed by atoms with Crippen molar-refractivity contribution in [1.82, 2.24) is 0 Å². The number of carbonyl (C=O) groups excluding carboxylic acids is 2. The fourth-order valence-electron chi connectivity index (χ4n) is 1.51. The lowest BCUT2D eigenvalue weighted by molar-refractivity contribution is -0.114. The van der Waals surface area contributed by atoms with Crippen molar-refractivity contribution in [3.8, 4) is 0 Å². The first-order valence-corrected chi connectivity index (χ1v) is 11.1. The molecule has 1 aromatic rings. The zero-order valence-corrected chi connectivity index (χ0v) is 19.9. The van der Waals surface area contributed by atoms with Crippen LogP contribution in [0.2, 0.25) is 0 Å². The first-order valence-electron chi connectivity index (χ1n) is 6.40. The number of hydrogen-bond acceptors (Lipinski definition) is 5. The van der Waals surface area contributed by atoms with E-state index in [1.807, 2.05) is 67.8 Å². The lowest BCUT2D eigenvalue weighted by Crippen LogP contribution is -2.23. The molecule has 0 saturated carbocycles. The SMILES string of the molecule is CC(=O)Nc1c(I)cc(I)c(C(=O)OCC[N-]S(=O)(=O)C(F)(F)F)c1I. The van der Waals surface area contributed by atoms with E-state index < -0.39 is 34.7 Å². The standard InChI is InChI=1S/C12H9F3I3N2O5S/c1-5(21)20-10-7(17)4-6(16)8(9(10)18)11(22)25-3-2-19-26(23,24)12(13,14)15/h4H,2-3H2,1H3,(H,20,21)/q-1. The molecule has 0 spiro atoms. The van der Waals surface area contributed by atoms with E-state index in [9.17, 15) is 31.2 Å². The Hall–Kier alpha value is 0.0500. The van der Waals surface area contributed by atoms with Gasteiger partial charge in [-0.05, 0) is 73.8 Å². The second-order valence-electron chi connectivity index (χ2n) is 4.49. The van der Waals surface area contributed by atoms with Crippen molar-refractivity contribution in [2.75, 3.05) is 18.5 Å². The van der Waals surface area contributed by atoms with E-state index in [-0.39, 0.29) is 11.5 Å². The molecule has 0 radical (unpaired) electrons. The molecule has 1 amide bonds. The summed E-state index contributed by atoms with van der Waals surface area (Å²) in [4.78, 5) is 23.5. The highest BCUT2D eigenvalue weighted by Gasteiger charge is 2.38. The zero-order chi connectivity index (χ0) is 20.3. The summed E-state index contributed by atoms with van der Waals surface area (Å²) in [7, 11) is -5.62. The van der Waals surface area contributed by atoms with Crippen LogP contribution >= 0.6 is 67.8 Å². The van der Waals surface area contributed by atoms with Crippen molar-refractivity contribution in [3.05, 3.63) is 27.1 Å². The Morgan fingerprint density at radius 3 is 2.31 bits per heavy atom. The number of halogens is 6. The highest BCUT2D eigenvalue weighted by molar-refractivity contribution is 14.1. The second kappa shape index (κ2) is 9.50. The molecule has 0 heterocycles. The molecule has 146 valence electrons. The minimum atomic E-state index is -5.62. The molecule has 7 nitrogen and oxygen atoms in total. The predicted molar refractivity (Wildman–Crippen MR) is 112 cm³/mol. The largest absolute Gasteiger partial charge is 0.538 e. The third-order valence-corrected chi connectivity index (χ3v) is 6.44. The number of nitrogens with one attached hydrogen (secondary N) is 1. The smallest absolute Gasteiger partial charge is 0.480 e. The summed E-state index contributed by atoms with van der Waals surface area (Å²) in [6, 6.07) is 1.61. The molecular weight excluding hydrogens is 722 g/mol.